The maximum Gasteiger partial charge on any atom is 0.271 e. The molecule has 126 valence electrons. The van der Waals surface area contributed by atoms with Crippen molar-refractivity contribution in [2.24, 2.45) is 5.10 Å². The number of hydrogen-bond donors (Lipinski definition) is 1. The van der Waals surface area contributed by atoms with Gasteiger partial charge >= 0.3 is 0 Å². The lowest BCUT2D eigenvalue weighted by Crippen LogP contribution is -2.17. The van der Waals surface area contributed by atoms with Crippen molar-refractivity contribution in [3.8, 4) is 17.2 Å². The topological polar surface area (TPSA) is 69.2 Å². The molecule has 0 heterocycles. The zero-order chi connectivity index (χ0) is 17.4. The lowest BCUT2D eigenvalue weighted by Gasteiger charge is -2.09. The van der Waals surface area contributed by atoms with E-state index in [1.807, 2.05) is 13.0 Å². The summed E-state index contributed by atoms with van der Waals surface area (Å²) in [6.07, 6.45) is 1.55. The minimum absolute atomic E-state index is 0.299. The van der Waals surface area contributed by atoms with Crippen LogP contribution in [-0.2, 0) is 0 Å². The molecule has 0 fully saturated rings. The van der Waals surface area contributed by atoms with E-state index < -0.39 is 0 Å². The van der Waals surface area contributed by atoms with Crippen LogP contribution in [0.3, 0.4) is 0 Å². The van der Waals surface area contributed by atoms with Crippen LogP contribution >= 0.6 is 0 Å². The number of methoxy groups -OCH3 is 2. The molecule has 0 saturated carbocycles. The molecule has 0 aliphatic heterocycles. The van der Waals surface area contributed by atoms with Crippen LogP contribution in [0.4, 0.5) is 0 Å². The Balaban J connectivity index is 2.02. The number of hydrogen-bond acceptors (Lipinski definition) is 5. The van der Waals surface area contributed by atoms with Crippen molar-refractivity contribution in [3.63, 3.8) is 0 Å². The molecule has 0 aliphatic carbocycles. The van der Waals surface area contributed by atoms with Gasteiger partial charge in [0.2, 0.25) is 0 Å². The van der Waals surface area contributed by atoms with E-state index in [9.17, 15) is 4.79 Å². The van der Waals surface area contributed by atoms with Crippen molar-refractivity contribution < 1.29 is 19.0 Å². The number of amides is 1. The molecule has 0 saturated heterocycles. The summed E-state index contributed by atoms with van der Waals surface area (Å²) < 4.78 is 15.8. The summed E-state index contributed by atoms with van der Waals surface area (Å²) in [4.78, 5) is 12.0. The third-order valence-electron chi connectivity index (χ3n) is 3.22. The minimum atomic E-state index is -0.299. The molecule has 0 atom stereocenters. The Morgan fingerprint density at radius 1 is 1.08 bits per heavy atom. The Bertz CT molecular complexity index is 711. The molecule has 1 N–H and O–H groups in total. The van der Waals surface area contributed by atoms with Gasteiger partial charge in [-0.25, -0.2) is 5.43 Å². The Kier molecular flexibility index (Phi) is 6.19. The molecule has 0 unspecified atom stereocenters. The second-order valence-electron chi connectivity index (χ2n) is 4.77. The number of carbonyl (C=O) groups is 1. The van der Waals surface area contributed by atoms with Crippen LogP contribution < -0.4 is 19.6 Å². The third-order valence-corrected chi connectivity index (χ3v) is 3.22. The highest BCUT2D eigenvalue weighted by molar-refractivity contribution is 5.95. The fourth-order valence-corrected chi connectivity index (χ4v) is 2.01. The fourth-order valence-electron chi connectivity index (χ4n) is 2.01. The normalized spacial score (nSPS) is 10.5. The summed E-state index contributed by atoms with van der Waals surface area (Å²) in [6.45, 7) is 2.43. The summed E-state index contributed by atoms with van der Waals surface area (Å²) in [5.41, 5.74) is 3.77. The largest absolute Gasteiger partial charge is 0.497 e. The molecule has 24 heavy (non-hydrogen) atoms. The van der Waals surface area contributed by atoms with Crippen molar-refractivity contribution in [3.05, 3.63) is 53.6 Å². The smallest absolute Gasteiger partial charge is 0.271 e. The molecule has 6 nitrogen and oxygen atoms in total. The monoisotopic (exact) mass is 328 g/mol. The van der Waals surface area contributed by atoms with Gasteiger partial charge in [0, 0.05) is 5.56 Å². The van der Waals surface area contributed by atoms with Crippen LogP contribution in [0.1, 0.15) is 22.8 Å². The molecule has 0 aliphatic rings. The molecule has 6 heteroatoms. The fraction of sp³-hybridized carbons (Fsp3) is 0.222. The van der Waals surface area contributed by atoms with Gasteiger partial charge in [0.15, 0.2) is 11.5 Å². The van der Waals surface area contributed by atoms with Gasteiger partial charge in [0.1, 0.15) is 5.75 Å². The van der Waals surface area contributed by atoms with Crippen LogP contribution in [0.2, 0.25) is 0 Å². The highest BCUT2D eigenvalue weighted by Gasteiger charge is 2.05. The maximum absolute atomic E-state index is 12.0. The van der Waals surface area contributed by atoms with Gasteiger partial charge < -0.3 is 14.2 Å². The van der Waals surface area contributed by atoms with Gasteiger partial charge in [-0.3, -0.25) is 4.79 Å². The molecular weight excluding hydrogens is 308 g/mol. The average Bonchev–Trinajstić information content (AvgIpc) is 2.62. The van der Waals surface area contributed by atoms with E-state index >= 15 is 0 Å². The molecule has 1 amide bonds. The summed E-state index contributed by atoms with van der Waals surface area (Å²) in [7, 11) is 3.16. The first-order valence-corrected chi connectivity index (χ1v) is 7.46. The summed E-state index contributed by atoms with van der Waals surface area (Å²) in [5, 5.41) is 3.97. The highest BCUT2D eigenvalue weighted by Crippen LogP contribution is 2.27. The average molecular weight is 328 g/mol. The SMILES string of the molecule is CCOc1cc(/C=N\NC(=O)c2ccc(OC)cc2)ccc1OC. The Morgan fingerprint density at radius 3 is 2.46 bits per heavy atom. The van der Waals surface area contributed by atoms with Gasteiger partial charge in [0.25, 0.3) is 5.91 Å². The standard InChI is InChI=1S/C18H20N2O4/c1-4-24-17-11-13(5-10-16(17)23-3)12-19-20-18(21)14-6-8-15(22-2)9-7-14/h5-12H,4H2,1-3H3,(H,20,21)/b19-12-. The quantitative estimate of drug-likeness (QED) is 0.627. The van der Waals surface area contributed by atoms with Gasteiger partial charge in [-0.15, -0.1) is 0 Å². The summed E-state index contributed by atoms with van der Waals surface area (Å²) in [5.74, 6) is 1.67. The van der Waals surface area contributed by atoms with Crippen LogP contribution in [0.5, 0.6) is 17.2 Å². The van der Waals surface area contributed by atoms with E-state index in [4.69, 9.17) is 14.2 Å². The number of ether oxygens (including phenoxy) is 3. The van der Waals surface area contributed by atoms with E-state index in [1.165, 1.54) is 0 Å². The minimum Gasteiger partial charge on any atom is -0.497 e. The Hall–Kier alpha value is -3.02. The first-order chi connectivity index (χ1) is 11.7. The van der Waals surface area contributed by atoms with Gasteiger partial charge in [-0.2, -0.15) is 5.10 Å². The lowest BCUT2D eigenvalue weighted by molar-refractivity contribution is 0.0955. The number of benzene rings is 2. The van der Waals surface area contributed by atoms with Crippen molar-refractivity contribution in [1.29, 1.82) is 0 Å². The van der Waals surface area contributed by atoms with Gasteiger partial charge in [-0.1, -0.05) is 0 Å². The molecular formula is C18H20N2O4. The molecule has 2 aromatic rings. The highest BCUT2D eigenvalue weighted by atomic mass is 16.5. The van der Waals surface area contributed by atoms with Crippen LogP contribution in [0, 0.1) is 0 Å². The predicted molar refractivity (Wildman–Crippen MR) is 92.2 cm³/mol. The Labute approximate surface area is 141 Å². The van der Waals surface area contributed by atoms with E-state index in [-0.39, 0.29) is 5.91 Å². The third kappa shape index (κ3) is 4.49. The van der Waals surface area contributed by atoms with E-state index in [2.05, 4.69) is 10.5 Å². The molecule has 2 rings (SSSR count). The number of nitrogens with zero attached hydrogens (tertiary/aromatic N) is 1. The summed E-state index contributed by atoms with van der Waals surface area (Å²) >= 11 is 0. The van der Waals surface area contributed by atoms with E-state index in [0.717, 1.165) is 5.56 Å². The maximum atomic E-state index is 12.0. The second-order valence-corrected chi connectivity index (χ2v) is 4.77. The number of nitrogens with one attached hydrogen (secondary N) is 1. The van der Waals surface area contributed by atoms with Crippen molar-refractivity contribution in [2.45, 2.75) is 6.92 Å². The van der Waals surface area contributed by atoms with E-state index in [0.29, 0.717) is 29.4 Å². The zero-order valence-electron chi connectivity index (χ0n) is 13.9. The lowest BCUT2D eigenvalue weighted by atomic mass is 10.2. The number of rotatable bonds is 7. The summed E-state index contributed by atoms with van der Waals surface area (Å²) in [6, 6.07) is 12.2. The number of carbonyl (C=O) groups excluding carboxylic acids is 1. The molecule has 0 aromatic heterocycles. The van der Waals surface area contributed by atoms with Gasteiger partial charge in [-0.05, 0) is 55.0 Å². The van der Waals surface area contributed by atoms with Crippen molar-refractivity contribution in [2.75, 3.05) is 20.8 Å². The molecule has 2 aromatic carbocycles. The van der Waals surface area contributed by atoms with Crippen LogP contribution in [0.25, 0.3) is 0 Å². The predicted octanol–water partition coefficient (Wildman–Crippen LogP) is 2.87. The van der Waals surface area contributed by atoms with Gasteiger partial charge in [0.05, 0.1) is 27.0 Å². The van der Waals surface area contributed by atoms with Crippen molar-refractivity contribution >= 4 is 12.1 Å². The molecule has 0 spiro atoms. The van der Waals surface area contributed by atoms with Crippen LogP contribution in [-0.4, -0.2) is 32.9 Å². The van der Waals surface area contributed by atoms with Crippen LogP contribution in [0.15, 0.2) is 47.6 Å². The first kappa shape index (κ1) is 17.3. The first-order valence-electron chi connectivity index (χ1n) is 7.46. The number of hydrazone groups is 1. The zero-order valence-corrected chi connectivity index (χ0v) is 13.9. The Morgan fingerprint density at radius 2 is 1.83 bits per heavy atom. The molecule has 0 bridgehead atoms. The molecule has 0 radical (unpaired) electrons. The van der Waals surface area contributed by atoms with Crippen molar-refractivity contribution in [1.82, 2.24) is 5.43 Å². The van der Waals surface area contributed by atoms with E-state index in [1.54, 1.807) is 56.8 Å². The second kappa shape index (κ2) is 8.57.